The van der Waals surface area contributed by atoms with Gasteiger partial charge < -0.3 is 19.5 Å². The first-order chi connectivity index (χ1) is 10.9. The number of carbonyl (C=O) groups excluding carboxylic acids is 1. The number of aromatic carboxylic acids is 2. The summed E-state index contributed by atoms with van der Waals surface area (Å²) in [4.78, 5) is 22.6. The molecule has 1 aromatic rings. The van der Waals surface area contributed by atoms with Gasteiger partial charge in [0.2, 0.25) is 0 Å². The Hall–Kier alpha value is -1.88. The fourth-order valence-corrected chi connectivity index (χ4v) is 3.52. The molecule has 0 saturated heterocycles. The van der Waals surface area contributed by atoms with Crippen LogP contribution in [-0.2, 0) is 13.1 Å². The summed E-state index contributed by atoms with van der Waals surface area (Å²) < 4.78 is 0.909. The number of quaternary nitrogens is 1. The summed E-state index contributed by atoms with van der Waals surface area (Å²) in [6.07, 6.45) is 4.48. The number of carbonyl (C=O) groups is 2. The Bertz CT molecular complexity index is 556. The lowest BCUT2D eigenvalue weighted by Crippen LogP contribution is -2.44. The van der Waals surface area contributed by atoms with Crippen molar-refractivity contribution in [3.8, 4) is 0 Å². The molecule has 0 aromatic heterocycles. The Morgan fingerprint density at radius 1 is 1.04 bits per heavy atom. The maximum atomic E-state index is 11.3. The zero-order valence-electron chi connectivity index (χ0n) is 13.9. The van der Waals surface area contributed by atoms with Crippen molar-refractivity contribution in [2.45, 2.75) is 52.6 Å². The number of hydrogen-bond donors (Lipinski definition) is 1. The van der Waals surface area contributed by atoms with Crippen LogP contribution in [-0.4, -0.2) is 34.6 Å². The lowest BCUT2D eigenvalue weighted by Gasteiger charge is -2.34. The van der Waals surface area contributed by atoms with Crippen LogP contribution in [0.1, 0.15) is 71.4 Å². The van der Waals surface area contributed by atoms with Gasteiger partial charge in [0.05, 0.1) is 24.6 Å². The number of nitrogens with zero attached hydrogens (tertiary/aromatic N) is 1. The third-order valence-electron chi connectivity index (χ3n) is 4.77. The molecule has 0 bridgehead atoms. The van der Waals surface area contributed by atoms with Crippen LogP contribution in [0, 0.1) is 0 Å². The summed E-state index contributed by atoms with van der Waals surface area (Å²) in [5.74, 6) is -2.63. The molecule has 5 heteroatoms. The smallest absolute Gasteiger partial charge is 0.336 e. The van der Waals surface area contributed by atoms with Crippen molar-refractivity contribution in [1.29, 1.82) is 0 Å². The third-order valence-corrected chi connectivity index (χ3v) is 4.77. The molecule has 0 fully saturated rings. The molecule has 0 aliphatic carbocycles. The average molecular weight is 319 g/mol. The van der Waals surface area contributed by atoms with E-state index in [1.54, 1.807) is 6.07 Å². The molecule has 0 spiro atoms. The first kappa shape index (κ1) is 17.5. The fraction of sp³-hybridized carbons (Fsp3) is 0.556. The summed E-state index contributed by atoms with van der Waals surface area (Å²) >= 11 is 0. The normalized spacial score (nSPS) is 15.4. The SMILES string of the molecule is CCCC[N+]1(CCCC)Cc2cc(C(=O)[O-])c(C(=O)O)cc2C1. The minimum absolute atomic E-state index is 0.158. The highest BCUT2D eigenvalue weighted by molar-refractivity contribution is 6.01. The fourth-order valence-electron chi connectivity index (χ4n) is 3.52. The molecule has 0 amide bonds. The quantitative estimate of drug-likeness (QED) is 0.745. The third kappa shape index (κ3) is 3.72. The Morgan fingerprint density at radius 3 is 1.91 bits per heavy atom. The van der Waals surface area contributed by atoms with Crippen molar-refractivity contribution in [3.63, 3.8) is 0 Å². The van der Waals surface area contributed by atoms with E-state index in [4.69, 9.17) is 0 Å². The van der Waals surface area contributed by atoms with Gasteiger partial charge >= 0.3 is 5.97 Å². The standard InChI is InChI=1S/C18H25NO4/c1-3-5-7-19(8-6-4-2)11-13-9-15(17(20)21)16(18(22)23)10-14(13)12-19/h9-10H,3-8,11-12H2,1-2H3,(H-,20,21,22,23). The molecule has 0 unspecified atom stereocenters. The number of fused-ring (bicyclic) bond motifs is 1. The van der Waals surface area contributed by atoms with Gasteiger partial charge in [0.1, 0.15) is 13.1 Å². The lowest BCUT2D eigenvalue weighted by atomic mass is 10.00. The molecule has 1 aromatic carbocycles. The van der Waals surface area contributed by atoms with Gasteiger partial charge in [-0.3, -0.25) is 0 Å². The van der Waals surface area contributed by atoms with Gasteiger partial charge in [-0.1, -0.05) is 26.7 Å². The summed E-state index contributed by atoms with van der Waals surface area (Å²) in [7, 11) is 0. The molecular weight excluding hydrogens is 294 g/mol. The van der Waals surface area contributed by atoms with Crippen molar-refractivity contribution >= 4 is 11.9 Å². The van der Waals surface area contributed by atoms with Crippen LogP contribution in [0.5, 0.6) is 0 Å². The number of carboxylic acids is 2. The highest BCUT2D eigenvalue weighted by Gasteiger charge is 2.36. The Morgan fingerprint density at radius 2 is 1.52 bits per heavy atom. The molecule has 126 valence electrons. The zero-order valence-corrected chi connectivity index (χ0v) is 13.9. The topological polar surface area (TPSA) is 77.4 Å². The van der Waals surface area contributed by atoms with Gasteiger partial charge in [-0.15, -0.1) is 0 Å². The number of benzene rings is 1. The van der Waals surface area contributed by atoms with Crippen LogP contribution >= 0.6 is 0 Å². The molecule has 1 heterocycles. The van der Waals surface area contributed by atoms with Crippen LogP contribution in [0.15, 0.2) is 12.1 Å². The van der Waals surface area contributed by atoms with E-state index in [0.717, 1.165) is 67.5 Å². The Labute approximate surface area is 137 Å². The lowest BCUT2D eigenvalue weighted by molar-refractivity contribution is -0.947. The van der Waals surface area contributed by atoms with Crippen LogP contribution in [0.25, 0.3) is 0 Å². The second-order valence-corrected chi connectivity index (χ2v) is 6.57. The van der Waals surface area contributed by atoms with Crippen molar-refractivity contribution in [2.24, 2.45) is 0 Å². The van der Waals surface area contributed by atoms with Crippen LogP contribution in [0.3, 0.4) is 0 Å². The minimum Gasteiger partial charge on any atom is -0.545 e. The van der Waals surface area contributed by atoms with Crippen molar-refractivity contribution in [3.05, 3.63) is 34.4 Å². The number of unbranched alkanes of at least 4 members (excludes halogenated alkanes) is 2. The average Bonchev–Trinajstić information content (AvgIpc) is 2.87. The minimum atomic E-state index is -1.42. The largest absolute Gasteiger partial charge is 0.545 e. The molecule has 0 atom stereocenters. The predicted molar refractivity (Wildman–Crippen MR) is 85.0 cm³/mol. The predicted octanol–water partition coefficient (Wildman–Crippen LogP) is 2.18. The van der Waals surface area contributed by atoms with E-state index in [0.29, 0.717) is 0 Å². The Kier molecular flexibility index (Phi) is 5.42. The van der Waals surface area contributed by atoms with Gasteiger partial charge in [-0.2, -0.15) is 0 Å². The first-order valence-corrected chi connectivity index (χ1v) is 8.38. The second kappa shape index (κ2) is 7.13. The van der Waals surface area contributed by atoms with Crippen molar-refractivity contribution in [2.75, 3.05) is 13.1 Å². The van der Waals surface area contributed by atoms with E-state index >= 15 is 0 Å². The molecule has 1 aliphatic heterocycles. The zero-order chi connectivity index (χ0) is 17.0. The summed E-state index contributed by atoms with van der Waals surface area (Å²) in [6.45, 7) is 8.01. The van der Waals surface area contributed by atoms with Gasteiger partial charge in [0.25, 0.3) is 0 Å². The summed E-state index contributed by atoms with van der Waals surface area (Å²) in [5.41, 5.74) is 1.57. The molecule has 1 N–H and O–H groups in total. The number of carboxylic acid groups (broad SMARTS) is 2. The second-order valence-electron chi connectivity index (χ2n) is 6.57. The first-order valence-electron chi connectivity index (χ1n) is 8.38. The summed E-state index contributed by atoms with van der Waals surface area (Å²) in [5, 5.41) is 20.5. The maximum absolute atomic E-state index is 11.3. The highest BCUT2D eigenvalue weighted by atomic mass is 16.4. The summed E-state index contributed by atoms with van der Waals surface area (Å²) in [6, 6.07) is 3.06. The molecule has 0 saturated carbocycles. The van der Waals surface area contributed by atoms with Gasteiger partial charge in [-0.05, 0) is 25.0 Å². The molecule has 23 heavy (non-hydrogen) atoms. The highest BCUT2D eigenvalue weighted by Crippen LogP contribution is 2.33. The molecule has 1 aliphatic rings. The molecular formula is C18H25NO4. The molecule has 2 rings (SSSR count). The van der Waals surface area contributed by atoms with Crippen LogP contribution in [0.4, 0.5) is 0 Å². The Balaban J connectivity index is 2.37. The van der Waals surface area contributed by atoms with Crippen LogP contribution in [0.2, 0.25) is 0 Å². The van der Waals surface area contributed by atoms with Gasteiger partial charge in [0, 0.05) is 16.7 Å². The maximum Gasteiger partial charge on any atom is 0.336 e. The van der Waals surface area contributed by atoms with E-state index in [1.165, 1.54) is 6.07 Å². The molecule has 0 radical (unpaired) electrons. The number of rotatable bonds is 8. The van der Waals surface area contributed by atoms with E-state index in [2.05, 4.69) is 13.8 Å². The van der Waals surface area contributed by atoms with E-state index < -0.39 is 11.9 Å². The van der Waals surface area contributed by atoms with Crippen molar-refractivity contribution in [1.82, 2.24) is 0 Å². The molecule has 5 nitrogen and oxygen atoms in total. The van der Waals surface area contributed by atoms with Crippen LogP contribution < -0.4 is 5.11 Å². The van der Waals surface area contributed by atoms with Crippen molar-refractivity contribution < 1.29 is 24.3 Å². The van der Waals surface area contributed by atoms with Gasteiger partial charge in [-0.25, -0.2) is 4.79 Å². The van der Waals surface area contributed by atoms with Gasteiger partial charge in [0.15, 0.2) is 0 Å². The number of hydrogen-bond acceptors (Lipinski definition) is 3. The van der Waals surface area contributed by atoms with E-state index in [1.807, 2.05) is 0 Å². The van der Waals surface area contributed by atoms with E-state index in [9.17, 15) is 19.8 Å². The van der Waals surface area contributed by atoms with E-state index in [-0.39, 0.29) is 11.1 Å². The monoisotopic (exact) mass is 319 g/mol.